The third-order valence-electron chi connectivity index (χ3n) is 2.78. The van der Waals surface area contributed by atoms with Gasteiger partial charge in [-0.25, -0.2) is 4.98 Å². The normalized spacial score (nSPS) is 11.4. The maximum Gasteiger partial charge on any atom is 0.419 e. The molecule has 0 atom stereocenters. The first-order valence-electron chi connectivity index (χ1n) is 5.95. The SMILES string of the molecule is OCc1ccc(CNc2ncccc2C(F)(F)F)cc1. The summed E-state index contributed by atoms with van der Waals surface area (Å²) in [6.45, 7) is 0.165. The van der Waals surface area contributed by atoms with Crippen molar-refractivity contribution < 1.29 is 18.3 Å². The lowest BCUT2D eigenvalue weighted by atomic mass is 10.1. The molecule has 2 rings (SSSR count). The van der Waals surface area contributed by atoms with Crippen molar-refractivity contribution in [1.29, 1.82) is 0 Å². The molecule has 3 nitrogen and oxygen atoms in total. The number of hydrogen-bond donors (Lipinski definition) is 2. The van der Waals surface area contributed by atoms with E-state index in [4.69, 9.17) is 5.11 Å². The van der Waals surface area contributed by atoms with Crippen molar-refractivity contribution in [2.45, 2.75) is 19.3 Å². The van der Waals surface area contributed by atoms with Crippen LogP contribution in [-0.4, -0.2) is 10.1 Å². The molecular formula is C14H13F3N2O. The topological polar surface area (TPSA) is 45.1 Å². The summed E-state index contributed by atoms with van der Waals surface area (Å²) < 4.78 is 38.3. The van der Waals surface area contributed by atoms with Crippen LogP contribution in [0.1, 0.15) is 16.7 Å². The Bertz CT molecular complexity index is 567. The number of anilines is 1. The van der Waals surface area contributed by atoms with Crippen molar-refractivity contribution in [3.63, 3.8) is 0 Å². The summed E-state index contributed by atoms with van der Waals surface area (Å²) >= 11 is 0. The molecule has 0 aliphatic rings. The van der Waals surface area contributed by atoms with E-state index in [1.165, 1.54) is 12.3 Å². The van der Waals surface area contributed by atoms with Crippen molar-refractivity contribution in [3.05, 3.63) is 59.3 Å². The zero-order valence-corrected chi connectivity index (χ0v) is 10.5. The van der Waals surface area contributed by atoms with Crippen molar-refractivity contribution >= 4 is 5.82 Å². The smallest absolute Gasteiger partial charge is 0.392 e. The molecule has 2 N–H and O–H groups in total. The molecule has 0 aliphatic heterocycles. The van der Waals surface area contributed by atoms with Crippen molar-refractivity contribution in [2.24, 2.45) is 0 Å². The molecule has 1 heterocycles. The fraction of sp³-hybridized carbons (Fsp3) is 0.214. The third kappa shape index (κ3) is 3.48. The zero-order valence-electron chi connectivity index (χ0n) is 10.5. The number of hydrogen-bond acceptors (Lipinski definition) is 3. The number of halogens is 3. The third-order valence-corrected chi connectivity index (χ3v) is 2.78. The fourth-order valence-corrected chi connectivity index (χ4v) is 1.72. The second kappa shape index (κ2) is 5.92. The first-order valence-corrected chi connectivity index (χ1v) is 5.95. The van der Waals surface area contributed by atoms with Gasteiger partial charge in [0.15, 0.2) is 0 Å². The molecule has 0 bridgehead atoms. The summed E-state index contributed by atoms with van der Waals surface area (Å²) in [4.78, 5) is 3.72. The van der Waals surface area contributed by atoms with E-state index in [2.05, 4.69) is 10.3 Å². The molecule has 0 radical (unpaired) electrons. The highest BCUT2D eigenvalue weighted by molar-refractivity contribution is 5.46. The van der Waals surface area contributed by atoms with Gasteiger partial charge in [-0.3, -0.25) is 0 Å². The Kier molecular flexibility index (Phi) is 4.24. The van der Waals surface area contributed by atoms with Crippen LogP contribution in [0.2, 0.25) is 0 Å². The molecular weight excluding hydrogens is 269 g/mol. The van der Waals surface area contributed by atoms with Gasteiger partial charge in [0.25, 0.3) is 0 Å². The minimum atomic E-state index is -4.43. The van der Waals surface area contributed by atoms with Gasteiger partial charge in [0.1, 0.15) is 5.82 Å². The number of alkyl halides is 3. The molecule has 0 saturated carbocycles. The molecule has 6 heteroatoms. The number of nitrogens with one attached hydrogen (secondary N) is 1. The monoisotopic (exact) mass is 282 g/mol. The minimum absolute atomic E-state index is 0.0633. The number of aliphatic hydroxyl groups is 1. The first-order chi connectivity index (χ1) is 9.50. The number of rotatable bonds is 4. The zero-order chi connectivity index (χ0) is 14.6. The van der Waals surface area contributed by atoms with E-state index >= 15 is 0 Å². The van der Waals surface area contributed by atoms with Crippen molar-refractivity contribution in [3.8, 4) is 0 Å². The number of benzene rings is 1. The molecule has 0 unspecified atom stereocenters. The van der Waals surface area contributed by atoms with Gasteiger partial charge in [-0.1, -0.05) is 24.3 Å². The minimum Gasteiger partial charge on any atom is -0.392 e. The molecule has 0 amide bonds. The Balaban J connectivity index is 2.10. The average Bonchev–Trinajstić information content (AvgIpc) is 2.45. The number of aromatic nitrogens is 1. The molecule has 0 spiro atoms. The van der Waals surface area contributed by atoms with E-state index in [0.717, 1.165) is 17.2 Å². The van der Waals surface area contributed by atoms with Gasteiger partial charge in [-0.2, -0.15) is 13.2 Å². The summed E-state index contributed by atoms with van der Waals surface area (Å²) in [5.41, 5.74) is 0.774. The molecule has 106 valence electrons. The van der Waals surface area contributed by atoms with E-state index in [1.807, 2.05) is 0 Å². The van der Waals surface area contributed by atoms with E-state index in [0.29, 0.717) is 0 Å². The number of nitrogens with zero attached hydrogens (tertiary/aromatic N) is 1. The van der Waals surface area contributed by atoms with E-state index in [1.54, 1.807) is 24.3 Å². The quantitative estimate of drug-likeness (QED) is 0.905. The predicted octanol–water partition coefficient (Wildman–Crippen LogP) is 3.20. The van der Waals surface area contributed by atoms with Gasteiger partial charge in [0.05, 0.1) is 12.2 Å². The van der Waals surface area contributed by atoms with Crippen molar-refractivity contribution in [2.75, 3.05) is 5.32 Å². The Morgan fingerprint density at radius 1 is 1.05 bits per heavy atom. The van der Waals surface area contributed by atoms with Crippen molar-refractivity contribution in [1.82, 2.24) is 4.98 Å². The molecule has 20 heavy (non-hydrogen) atoms. The summed E-state index contributed by atoms with van der Waals surface area (Å²) in [5, 5.41) is 11.6. The van der Waals surface area contributed by atoms with Gasteiger partial charge in [-0.15, -0.1) is 0 Å². The largest absolute Gasteiger partial charge is 0.419 e. The lowest BCUT2D eigenvalue weighted by Gasteiger charge is -2.13. The van der Waals surface area contributed by atoms with Crippen LogP contribution in [-0.2, 0) is 19.3 Å². The maximum atomic E-state index is 12.8. The van der Waals surface area contributed by atoms with Crippen LogP contribution in [0.4, 0.5) is 19.0 Å². The van der Waals surface area contributed by atoms with Crippen LogP contribution in [0, 0.1) is 0 Å². The Morgan fingerprint density at radius 3 is 2.30 bits per heavy atom. The fourth-order valence-electron chi connectivity index (χ4n) is 1.72. The van der Waals surface area contributed by atoms with Crippen LogP contribution in [0.15, 0.2) is 42.6 Å². The lowest BCUT2D eigenvalue weighted by Crippen LogP contribution is -2.12. The van der Waals surface area contributed by atoms with E-state index < -0.39 is 11.7 Å². The second-order valence-electron chi connectivity index (χ2n) is 4.23. The van der Waals surface area contributed by atoms with Gasteiger partial charge < -0.3 is 10.4 Å². The Morgan fingerprint density at radius 2 is 1.70 bits per heavy atom. The molecule has 2 aromatic rings. The Hall–Kier alpha value is -2.08. The summed E-state index contributed by atoms with van der Waals surface area (Å²) in [6, 6.07) is 9.18. The maximum absolute atomic E-state index is 12.8. The van der Waals surface area contributed by atoms with Gasteiger partial charge in [0.2, 0.25) is 0 Å². The lowest BCUT2D eigenvalue weighted by molar-refractivity contribution is -0.137. The Labute approximate surface area is 114 Å². The van der Waals surface area contributed by atoms with Crippen LogP contribution in [0.25, 0.3) is 0 Å². The van der Waals surface area contributed by atoms with Crippen LogP contribution in [0.3, 0.4) is 0 Å². The van der Waals surface area contributed by atoms with Gasteiger partial charge in [-0.05, 0) is 23.3 Å². The molecule has 0 fully saturated rings. The predicted molar refractivity (Wildman–Crippen MR) is 68.9 cm³/mol. The summed E-state index contributed by atoms with van der Waals surface area (Å²) in [6.07, 6.45) is -3.12. The van der Waals surface area contributed by atoms with Crippen LogP contribution >= 0.6 is 0 Å². The molecule has 1 aromatic carbocycles. The molecule has 0 saturated heterocycles. The standard InChI is InChI=1S/C14H13F3N2O/c15-14(16,17)12-2-1-7-18-13(12)19-8-10-3-5-11(9-20)6-4-10/h1-7,20H,8-9H2,(H,18,19). The highest BCUT2D eigenvalue weighted by atomic mass is 19.4. The highest BCUT2D eigenvalue weighted by Gasteiger charge is 2.33. The van der Waals surface area contributed by atoms with Gasteiger partial charge >= 0.3 is 6.18 Å². The highest BCUT2D eigenvalue weighted by Crippen LogP contribution is 2.33. The van der Waals surface area contributed by atoms with E-state index in [9.17, 15) is 13.2 Å². The number of aliphatic hydroxyl groups excluding tert-OH is 1. The average molecular weight is 282 g/mol. The summed E-state index contributed by atoms with van der Waals surface area (Å²) in [5.74, 6) is -0.189. The number of pyridine rings is 1. The molecule has 1 aromatic heterocycles. The summed E-state index contributed by atoms with van der Waals surface area (Å²) in [7, 11) is 0. The van der Waals surface area contributed by atoms with E-state index in [-0.39, 0.29) is 19.0 Å². The van der Waals surface area contributed by atoms with Crippen LogP contribution in [0.5, 0.6) is 0 Å². The molecule has 0 aliphatic carbocycles. The second-order valence-corrected chi connectivity index (χ2v) is 4.23. The van der Waals surface area contributed by atoms with Gasteiger partial charge in [0, 0.05) is 12.7 Å². The van der Waals surface area contributed by atoms with Crippen LogP contribution < -0.4 is 5.32 Å². The first kappa shape index (κ1) is 14.3.